The number of rotatable bonds is 5. The highest BCUT2D eigenvalue weighted by Crippen LogP contribution is 2.17. The zero-order valence-electron chi connectivity index (χ0n) is 13.4. The van der Waals surface area contributed by atoms with Crippen LogP contribution in [0, 0.1) is 12.7 Å². The van der Waals surface area contributed by atoms with Crippen LogP contribution >= 0.6 is 0 Å². The van der Waals surface area contributed by atoms with Crippen molar-refractivity contribution in [1.29, 1.82) is 0 Å². The number of aliphatic hydroxyl groups excluding tert-OH is 1. The number of nitrogens with one attached hydrogen (secondary N) is 1. The number of aryl methyl sites for hydroxylation is 1. The van der Waals surface area contributed by atoms with Crippen molar-refractivity contribution in [2.24, 2.45) is 0 Å². The van der Waals surface area contributed by atoms with Crippen LogP contribution in [0.3, 0.4) is 0 Å². The minimum Gasteiger partial charge on any atom is -0.387 e. The van der Waals surface area contributed by atoms with E-state index < -0.39 is 6.10 Å². The van der Waals surface area contributed by atoms with Crippen LogP contribution in [0.5, 0.6) is 0 Å². The minimum atomic E-state index is -0.924. The van der Waals surface area contributed by atoms with Crippen molar-refractivity contribution < 1.29 is 18.8 Å². The summed E-state index contributed by atoms with van der Waals surface area (Å²) in [4.78, 5) is 16.4. The van der Waals surface area contributed by atoms with Crippen LogP contribution in [0.25, 0.3) is 11.4 Å². The molecule has 0 saturated heterocycles. The van der Waals surface area contributed by atoms with E-state index in [-0.39, 0.29) is 18.3 Å². The molecule has 0 aliphatic rings. The molecule has 7 heteroatoms. The van der Waals surface area contributed by atoms with Crippen molar-refractivity contribution in [3.63, 3.8) is 0 Å². The van der Waals surface area contributed by atoms with Gasteiger partial charge in [-0.25, -0.2) is 4.39 Å². The predicted molar refractivity (Wildman–Crippen MR) is 88.2 cm³/mol. The van der Waals surface area contributed by atoms with E-state index in [4.69, 9.17) is 4.52 Å². The normalized spacial score (nSPS) is 12.0. The molecule has 0 radical (unpaired) electrons. The lowest BCUT2D eigenvalue weighted by Crippen LogP contribution is -2.28. The van der Waals surface area contributed by atoms with E-state index in [1.807, 2.05) is 0 Å². The molecule has 0 bridgehead atoms. The Morgan fingerprint density at radius 1 is 1.28 bits per heavy atom. The van der Waals surface area contributed by atoms with E-state index in [2.05, 4.69) is 15.5 Å². The summed E-state index contributed by atoms with van der Waals surface area (Å²) >= 11 is 0. The van der Waals surface area contributed by atoms with E-state index >= 15 is 0 Å². The highest BCUT2D eigenvalue weighted by Gasteiger charge is 2.13. The SMILES string of the molecule is Cc1nc(-c2cccc(C(=O)NCC(O)c3ccc(F)cc3)c2)no1. The average Bonchev–Trinajstić information content (AvgIpc) is 3.06. The molecule has 128 valence electrons. The molecule has 0 fully saturated rings. The first-order valence-corrected chi connectivity index (χ1v) is 7.65. The maximum Gasteiger partial charge on any atom is 0.251 e. The van der Waals surface area contributed by atoms with E-state index in [1.165, 1.54) is 24.3 Å². The van der Waals surface area contributed by atoms with Gasteiger partial charge in [0.1, 0.15) is 5.82 Å². The second-order valence-corrected chi connectivity index (χ2v) is 5.50. The zero-order valence-corrected chi connectivity index (χ0v) is 13.4. The van der Waals surface area contributed by atoms with E-state index in [1.54, 1.807) is 31.2 Å². The first-order valence-electron chi connectivity index (χ1n) is 7.65. The quantitative estimate of drug-likeness (QED) is 0.745. The van der Waals surface area contributed by atoms with Gasteiger partial charge in [-0.15, -0.1) is 0 Å². The molecule has 0 aliphatic heterocycles. The third-order valence-electron chi connectivity index (χ3n) is 3.62. The fourth-order valence-corrected chi connectivity index (χ4v) is 2.31. The van der Waals surface area contributed by atoms with Crippen molar-refractivity contribution in [2.75, 3.05) is 6.54 Å². The molecule has 0 aliphatic carbocycles. The third kappa shape index (κ3) is 4.07. The fraction of sp³-hybridized carbons (Fsp3) is 0.167. The Balaban J connectivity index is 1.66. The lowest BCUT2D eigenvalue weighted by Gasteiger charge is -2.12. The van der Waals surface area contributed by atoms with Gasteiger partial charge in [-0.2, -0.15) is 4.98 Å². The highest BCUT2D eigenvalue weighted by atomic mass is 19.1. The van der Waals surface area contributed by atoms with Crippen molar-refractivity contribution in [2.45, 2.75) is 13.0 Å². The number of amides is 1. The second-order valence-electron chi connectivity index (χ2n) is 5.50. The van der Waals surface area contributed by atoms with Gasteiger partial charge >= 0.3 is 0 Å². The van der Waals surface area contributed by atoms with Crippen LogP contribution in [0.4, 0.5) is 4.39 Å². The molecular formula is C18H16FN3O3. The molecule has 3 rings (SSSR count). The summed E-state index contributed by atoms with van der Waals surface area (Å²) in [5.41, 5.74) is 1.59. The Morgan fingerprint density at radius 3 is 2.72 bits per heavy atom. The first kappa shape index (κ1) is 16.8. The van der Waals surface area contributed by atoms with Crippen LogP contribution < -0.4 is 5.32 Å². The Morgan fingerprint density at radius 2 is 2.04 bits per heavy atom. The fourth-order valence-electron chi connectivity index (χ4n) is 2.31. The Kier molecular flexibility index (Phi) is 4.85. The van der Waals surface area contributed by atoms with E-state index in [9.17, 15) is 14.3 Å². The van der Waals surface area contributed by atoms with Gasteiger partial charge in [0.15, 0.2) is 0 Å². The van der Waals surface area contributed by atoms with Gasteiger partial charge in [0.25, 0.3) is 5.91 Å². The van der Waals surface area contributed by atoms with Crippen molar-refractivity contribution >= 4 is 5.91 Å². The maximum absolute atomic E-state index is 12.9. The predicted octanol–water partition coefficient (Wildman–Crippen LogP) is 2.65. The number of aromatic nitrogens is 2. The molecule has 1 heterocycles. The Bertz CT molecular complexity index is 877. The molecule has 2 N–H and O–H groups in total. The maximum atomic E-state index is 12.9. The molecule has 0 spiro atoms. The van der Waals surface area contributed by atoms with Gasteiger partial charge in [-0.05, 0) is 29.8 Å². The molecule has 1 unspecified atom stereocenters. The molecule has 0 saturated carbocycles. The van der Waals surface area contributed by atoms with Crippen LogP contribution in [0.2, 0.25) is 0 Å². The largest absolute Gasteiger partial charge is 0.387 e. The molecule has 2 aromatic carbocycles. The van der Waals surface area contributed by atoms with Crippen LogP contribution in [0.1, 0.15) is 27.9 Å². The molecule has 1 aromatic heterocycles. The van der Waals surface area contributed by atoms with Gasteiger partial charge < -0.3 is 14.9 Å². The van der Waals surface area contributed by atoms with Crippen molar-refractivity contribution in [1.82, 2.24) is 15.5 Å². The number of hydrogen-bond donors (Lipinski definition) is 2. The molecule has 6 nitrogen and oxygen atoms in total. The second kappa shape index (κ2) is 7.23. The molecule has 1 amide bonds. The smallest absolute Gasteiger partial charge is 0.251 e. The molecule has 3 aromatic rings. The van der Waals surface area contributed by atoms with Crippen LogP contribution in [-0.4, -0.2) is 27.7 Å². The minimum absolute atomic E-state index is 0.00993. The number of benzene rings is 2. The summed E-state index contributed by atoms with van der Waals surface area (Å²) in [5.74, 6) is 0.113. The lowest BCUT2D eigenvalue weighted by molar-refractivity contribution is 0.0916. The van der Waals surface area contributed by atoms with Crippen molar-refractivity contribution in [3.05, 3.63) is 71.4 Å². The van der Waals surface area contributed by atoms with Gasteiger partial charge in [0, 0.05) is 24.6 Å². The van der Waals surface area contributed by atoms with Gasteiger partial charge in [0.05, 0.1) is 6.10 Å². The topological polar surface area (TPSA) is 88.2 Å². The molecule has 25 heavy (non-hydrogen) atoms. The summed E-state index contributed by atoms with van der Waals surface area (Å²) in [7, 11) is 0. The summed E-state index contributed by atoms with van der Waals surface area (Å²) in [6.07, 6.45) is -0.924. The number of hydrogen-bond acceptors (Lipinski definition) is 5. The number of carbonyl (C=O) groups is 1. The molecule has 1 atom stereocenters. The summed E-state index contributed by atoms with van der Waals surface area (Å²) < 4.78 is 17.8. The standard InChI is InChI=1S/C18H16FN3O3/c1-11-21-17(22-25-11)13-3-2-4-14(9-13)18(24)20-10-16(23)12-5-7-15(19)8-6-12/h2-9,16,23H,10H2,1H3,(H,20,24). The lowest BCUT2D eigenvalue weighted by atomic mass is 10.1. The van der Waals surface area contributed by atoms with E-state index in [0.717, 1.165) is 0 Å². The van der Waals surface area contributed by atoms with Crippen molar-refractivity contribution in [3.8, 4) is 11.4 Å². The van der Waals surface area contributed by atoms with E-state index in [0.29, 0.717) is 28.4 Å². The summed E-state index contributed by atoms with van der Waals surface area (Å²) in [6.45, 7) is 1.69. The summed E-state index contributed by atoms with van der Waals surface area (Å²) in [5, 5.41) is 16.5. The molecular weight excluding hydrogens is 325 g/mol. The number of carbonyl (C=O) groups excluding carboxylic acids is 1. The van der Waals surface area contributed by atoms with Gasteiger partial charge in [-0.1, -0.05) is 29.4 Å². The highest BCUT2D eigenvalue weighted by molar-refractivity contribution is 5.95. The van der Waals surface area contributed by atoms with Crippen LogP contribution in [-0.2, 0) is 0 Å². The zero-order chi connectivity index (χ0) is 17.8. The number of nitrogens with zero attached hydrogens (tertiary/aromatic N) is 2. The van der Waals surface area contributed by atoms with Crippen LogP contribution in [0.15, 0.2) is 53.1 Å². The Hall–Kier alpha value is -3.06. The van der Waals surface area contributed by atoms with Gasteiger partial charge in [0.2, 0.25) is 11.7 Å². The number of aliphatic hydroxyl groups is 1. The van der Waals surface area contributed by atoms with Gasteiger partial charge in [-0.3, -0.25) is 4.79 Å². The summed E-state index contributed by atoms with van der Waals surface area (Å²) in [6, 6.07) is 12.3. The Labute approximate surface area is 143 Å². The third-order valence-corrected chi connectivity index (χ3v) is 3.62. The first-order chi connectivity index (χ1) is 12.0. The number of halogens is 1. The average molecular weight is 341 g/mol. The monoisotopic (exact) mass is 341 g/mol.